The summed E-state index contributed by atoms with van der Waals surface area (Å²) < 4.78 is 5.59. The fourth-order valence-corrected chi connectivity index (χ4v) is 3.74. The number of carboxylic acid groups (broad SMARTS) is 1. The second-order valence-electron chi connectivity index (χ2n) is 6.65. The van der Waals surface area contributed by atoms with E-state index in [1.54, 1.807) is 12.2 Å². The van der Waals surface area contributed by atoms with Crippen molar-refractivity contribution in [2.75, 3.05) is 5.32 Å². The van der Waals surface area contributed by atoms with Crippen LogP contribution in [0.2, 0.25) is 0 Å². The Morgan fingerprint density at radius 1 is 0.923 bits per heavy atom. The lowest BCUT2D eigenvalue weighted by Crippen LogP contribution is -2.39. The Balaban J connectivity index is 1.55. The third-order valence-electron chi connectivity index (χ3n) is 5.00. The van der Waals surface area contributed by atoms with Crippen molar-refractivity contribution in [3.05, 3.63) is 77.9 Å². The summed E-state index contributed by atoms with van der Waals surface area (Å²) in [5, 5.41) is 12.4. The third kappa shape index (κ3) is 3.02. The Morgan fingerprint density at radius 2 is 1.58 bits per heavy atom. The summed E-state index contributed by atoms with van der Waals surface area (Å²) in [4.78, 5) is 24.4. The molecular weight excluding hydrogens is 330 g/mol. The molecule has 2 aliphatic heterocycles. The molecule has 0 radical (unpaired) electrons. The first-order valence-electron chi connectivity index (χ1n) is 8.63. The van der Waals surface area contributed by atoms with E-state index in [2.05, 4.69) is 5.32 Å². The van der Waals surface area contributed by atoms with Gasteiger partial charge in [0.25, 0.3) is 0 Å². The van der Waals surface area contributed by atoms with E-state index in [0.717, 1.165) is 11.1 Å². The molecule has 2 aliphatic rings. The van der Waals surface area contributed by atoms with Crippen molar-refractivity contribution in [1.82, 2.24) is 0 Å². The standard InChI is InChI=1S/C21H19NO4/c23-20(18-16-10-11-17(26-16)19(18)21(24)25)22-15-9-5-4-8-14(15)12-13-6-2-1-3-7-13/h1-11,16-19H,12H2,(H,22,23)(H,24,25)/t16-,17+,18+,19-/m1/s1. The summed E-state index contributed by atoms with van der Waals surface area (Å²) in [7, 11) is 0. The zero-order valence-corrected chi connectivity index (χ0v) is 14.0. The van der Waals surface area contributed by atoms with E-state index in [0.29, 0.717) is 12.1 Å². The van der Waals surface area contributed by atoms with E-state index in [1.807, 2.05) is 54.6 Å². The van der Waals surface area contributed by atoms with Gasteiger partial charge in [-0.2, -0.15) is 0 Å². The van der Waals surface area contributed by atoms with Crippen LogP contribution >= 0.6 is 0 Å². The molecule has 4 atom stereocenters. The summed E-state index contributed by atoms with van der Waals surface area (Å²) in [6.45, 7) is 0. The predicted octanol–water partition coefficient (Wildman–Crippen LogP) is 2.87. The number of hydrogen-bond donors (Lipinski definition) is 2. The lowest BCUT2D eigenvalue weighted by molar-refractivity contribution is -0.145. The fourth-order valence-electron chi connectivity index (χ4n) is 3.74. The van der Waals surface area contributed by atoms with E-state index in [1.165, 1.54) is 0 Å². The SMILES string of the molecule is O=C(Nc1ccccc1Cc1ccccc1)[C@@H]1[C@H](C(=O)O)[C@@H]2C=C[C@H]1O2. The highest BCUT2D eigenvalue weighted by atomic mass is 16.5. The number of carboxylic acids is 1. The summed E-state index contributed by atoms with van der Waals surface area (Å²) in [6, 6.07) is 17.6. The van der Waals surface area contributed by atoms with Gasteiger partial charge in [-0.05, 0) is 23.6 Å². The van der Waals surface area contributed by atoms with Crippen LogP contribution in [0.1, 0.15) is 11.1 Å². The molecule has 132 valence electrons. The Kier molecular flexibility index (Phi) is 4.31. The summed E-state index contributed by atoms with van der Waals surface area (Å²) in [5.74, 6) is -2.87. The van der Waals surface area contributed by atoms with Gasteiger partial charge in [0.05, 0.1) is 18.1 Å². The van der Waals surface area contributed by atoms with Crippen LogP contribution in [0.25, 0.3) is 0 Å². The van der Waals surface area contributed by atoms with E-state index in [9.17, 15) is 14.7 Å². The third-order valence-corrected chi connectivity index (χ3v) is 5.00. The molecule has 2 aromatic carbocycles. The molecule has 1 fully saturated rings. The number of para-hydroxylation sites is 1. The van der Waals surface area contributed by atoms with Crippen LogP contribution in [-0.2, 0) is 20.7 Å². The summed E-state index contributed by atoms with van der Waals surface area (Å²) in [5.41, 5.74) is 2.83. The van der Waals surface area contributed by atoms with E-state index in [-0.39, 0.29) is 5.91 Å². The van der Waals surface area contributed by atoms with Gasteiger partial charge in [-0.25, -0.2) is 0 Å². The lowest BCUT2D eigenvalue weighted by atomic mass is 9.82. The van der Waals surface area contributed by atoms with Crippen LogP contribution in [0.3, 0.4) is 0 Å². The van der Waals surface area contributed by atoms with Crippen LogP contribution in [0.5, 0.6) is 0 Å². The Labute approximate surface area is 151 Å². The number of carbonyl (C=O) groups is 2. The molecular formula is C21H19NO4. The highest BCUT2D eigenvalue weighted by Crippen LogP contribution is 2.40. The molecule has 0 aromatic heterocycles. The van der Waals surface area contributed by atoms with E-state index >= 15 is 0 Å². The first kappa shape index (κ1) is 16.5. The minimum Gasteiger partial charge on any atom is -0.481 e. The van der Waals surface area contributed by atoms with Crippen LogP contribution in [0, 0.1) is 11.8 Å². The minimum atomic E-state index is -1.00. The average Bonchev–Trinajstić information content (AvgIpc) is 3.25. The van der Waals surface area contributed by atoms with Crippen molar-refractivity contribution in [2.24, 2.45) is 11.8 Å². The Morgan fingerprint density at radius 3 is 2.31 bits per heavy atom. The van der Waals surface area contributed by atoms with Gasteiger partial charge in [-0.3, -0.25) is 9.59 Å². The smallest absolute Gasteiger partial charge is 0.310 e. The Hall–Kier alpha value is -2.92. The lowest BCUT2D eigenvalue weighted by Gasteiger charge is -2.21. The molecule has 26 heavy (non-hydrogen) atoms. The van der Waals surface area contributed by atoms with Gasteiger partial charge in [0.1, 0.15) is 5.92 Å². The molecule has 2 N–H and O–H groups in total. The van der Waals surface area contributed by atoms with Gasteiger partial charge in [-0.15, -0.1) is 0 Å². The van der Waals surface area contributed by atoms with Gasteiger partial charge in [-0.1, -0.05) is 60.7 Å². The molecule has 1 amide bonds. The molecule has 0 unspecified atom stereocenters. The number of nitrogens with one attached hydrogen (secondary N) is 1. The van der Waals surface area contributed by atoms with Gasteiger partial charge in [0.15, 0.2) is 0 Å². The number of ether oxygens (including phenoxy) is 1. The molecule has 4 rings (SSSR count). The maximum Gasteiger partial charge on any atom is 0.310 e. The largest absolute Gasteiger partial charge is 0.481 e. The maximum atomic E-state index is 12.8. The predicted molar refractivity (Wildman–Crippen MR) is 96.7 cm³/mol. The quantitative estimate of drug-likeness (QED) is 0.814. The minimum absolute atomic E-state index is 0.310. The zero-order valence-electron chi connectivity index (χ0n) is 14.0. The van der Waals surface area contributed by atoms with Crippen LogP contribution in [0.15, 0.2) is 66.7 Å². The van der Waals surface area contributed by atoms with Crippen LogP contribution in [0.4, 0.5) is 5.69 Å². The highest BCUT2D eigenvalue weighted by molar-refractivity contribution is 5.97. The number of rotatable bonds is 5. The maximum absolute atomic E-state index is 12.8. The van der Waals surface area contributed by atoms with Gasteiger partial charge >= 0.3 is 5.97 Å². The topological polar surface area (TPSA) is 75.6 Å². The van der Waals surface area contributed by atoms with Crippen molar-refractivity contribution < 1.29 is 19.4 Å². The van der Waals surface area contributed by atoms with E-state index in [4.69, 9.17) is 4.74 Å². The Bertz CT molecular complexity index is 861. The number of hydrogen-bond acceptors (Lipinski definition) is 3. The normalized spacial score (nSPS) is 26.0. The van der Waals surface area contributed by atoms with E-state index < -0.39 is 30.0 Å². The number of fused-ring (bicyclic) bond motifs is 2. The second kappa shape index (κ2) is 6.77. The fraction of sp³-hybridized carbons (Fsp3) is 0.238. The summed E-state index contributed by atoms with van der Waals surface area (Å²) in [6.07, 6.45) is 3.21. The first-order chi connectivity index (χ1) is 12.6. The number of carbonyl (C=O) groups excluding carboxylic acids is 1. The summed E-state index contributed by atoms with van der Waals surface area (Å²) >= 11 is 0. The first-order valence-corrected chi connectivity index (χ1v) is 8.63. The van der Waals surface area contributed by atoms with Crippen LogP contribution in [-0.4, -0.2) is 29.2 Å². The molecule has 0 spiro atoms. The number of amides is 1. The molecule has 5 nitrogen and oxygen atoms in total. The second-order valence-corrected chi connectivity index (χ2v) is 6.65. The van der Waals surface area contributed by atoms with Gasteiger partial charge in [0, 0.05) is 5.69 Å². The van der Waals surface area contributed by atoms with Gasteiger partial charge < -0.3 is 15.2 Å². The number of anilines is 1. The van der Waals surface area contributed by atoms with Crippen LogP contribution < -0.4 is 5.32 Å². The van der Waals surface area contributed by atoms with Crippen molar-refractivity contribution in [1.29, 1.82) is 0 Å². The molecule has 2 bridgehead atoms. The average molecular weight is 349 g/mol. The zero-order chi connectivity index (χ0) is 18.1. The van der Waals surface area contributed by atoms with Crippen molar-refractivity contribution in [3.63, 3.8) is 0 Å². The number of benzene rings is 2. The highest BCUT2D eigenvalue weighted by Gasteiger charge is 2.53. The molecule has 1 saturated heterocycles. The molecule has 2 heterocycles. The van der Waals surface area contributed by atoms with Gasteiger partial charge in [0.2, 0.25) is 5.91 Å². The monoisotopic (exact) mass is 349 g/mol. The number of aliphatic carboxylic acids is 1. The molecule has 5 heteroatoms. The molecule has 2 aromatic rings. The van der Waals surface area contributed by atoms with Crippen molar-refractivity contribution in [3.8, 4) is 0 Å². The molecule has 0 saturated carbocycles. The molecule has 0 aliphatic carbocycles. The van der Waals surface area contributed by atoms with Crippen molar-refractivity contribution >= 4 is 17.6 Å². The van der Waals surface area contributed by atoms with Crippen molar-refractivity contribution in [2.45, 2.75) is 18.6 Å².